The minimum absolute atomic E-state index is 0.394. The van der Waals surface area contributed by atoms with Gasteiger partial charge in [0.2, 0.25) is 0 Å². The van der Waals surface area contributed by atoms with E-state index < -0.39 is 0 Å². The van der Waals surface area contributed by atoms with Gasteiger partial charge < -0.3 is 5.11 Å². The molecule has 1 N–H and O–H groups in total. The van der Waals surface area contributed by atoms with Crippen LogP contribution < -0.4 is 0 Å². The van der Waals surface area contributed by atoms with Gasteiger partial charge in [-0.3, -0.25) is 0 Å². The van der Waals surface area contributed by atoms with Crippen LogP contribution in [-0.2, 0) is 0 Å². The molecule has 60 valence electrons. The summed E-state index contributed by atoms with van der Waals surface area (Å²) < 4.78 is 0.451. The number of alkyl halides is 1. The summed E-state index contributed by atoms with van der Waals surface area (Å²) in [6, 6.07) is 0. The van der Waals surface area contributed by atoms with Crippen molar-refractivity contribution in [3.05, 3.63) is 0 Å². The van der Waals surface area contributed by atoms with E-state index in [1.165, 1.54) is 12.8 Å². The van der Waals surface area contributed by atoms with Crippen molar-refractivity contribution in [3.8, 4) is 0 Å². The molecule has 11 heavy (non-hydrogen) atoms. The largest absolute Gasteiger partial charge is 0.396 e. The van der Waals surface area contributed by atoms with E-state index in [-0.39, 0.29) is 0 Å². The minimum Gasteiger partial charge on any atom is -0.396 e. The highest BCUT2D eigenvalue weighted by Gasteiger charge is 3.00. The Kier molecular flexibility index (Phi) is 0.672. The van der Waals surface area contributed by atoms with E-state index in [4.69, 9.17) is 0 Å². The van der Waals surface area contributed by atoms with Gasteiger partial charge in [0.15, 0.2) is 0 Å². The molecule has 4 fully saturated rings. The lowest BCUT2D eigenvalue weighted by Crippen LogP contribution is -2.23. The monoisotopic (exact) mass is 214 g/mol. The predicted molar refractivity (Wildman–Crippen MR) is 44.4 cm³/mol. The molecule has 4 aliphatic rings. The second kappa shape index (κ2) is 1.24. The zero-order valence-electron chi connectivity index (χ0n) is 6.26. The van der Waals surface area contributed by atoms with Crippen molar-refractivity contribution >= 4 is 15.9 Å². The van der Waals surface area contributed by atoms with Gasteiger partial charge in [-0.1, -0.05) is 15.9 Å². The van der Waals surface area contributed by atoms with Crippen molar-refractivity contribution in [2.45, 2.75) is 17.2 Å². The highest BCUT2D eigenvalue weighted by molar-refractivity contribution is 9.10. The Morgan fingerprint density at radius 1 is 1.45 bits per heavy atom. The maximum atomic E-state index is 9.28. The molecule has 0 saturated heterocycles. The van der Waals surface area contributed by atoms with Crippen LogP contribution in [0.3, 0.4) is 0 Å². The number of hydrogen-bond acceptors (Lipinski definition) is 1. The van der Waals surface area contributed by atoms with E-state index in [1.807, 2.05) is 0 Å². The number of rotatable bonds is 1. The third-order valence-corrected chi connectivity index (χ3v) is 6.67. The topological polar surface area (TPSA) is 20.2 Å². The summed E-state index contributed by atoms with van der Waals surface area (Å²) in [5.41, 5.74) is 0.394. The smallest absolute Gasteiger partial charge is 0.0507 e. The zero-order valence-corrected chi connectivity index (χ0v) is 7.84. The van der Waals surface area contributed by atoms with E-state index in [1.54, 1.807) is 0 Å². The number of fused-ring (bicyclic) bond motifs is 4. The normalized spacial score (nSPS) is 80.2. The van der Waals surface area contributed by atoms with Gasteiger partial charge >= 0.3 is 0 Å². The van der Waals surface area contributed by atoms with E-state index in [0.29, 0.717) is 16.3 Å². The van der Waals surface area contributed by atoms with Crippen molar-refractivity contribution < 1.29 is 5.11 Å². The van der Waals surface area contributed by atoms with E-state index >= 15 is 0 Å². The predicted octanol–water partition coefficient (Wildman–Crippen LogP) is 1.40. The molecule has 4 saturated carbocycles. The van der Waals surface area contributed by atoms with Crippen LogP contribution in [0.15, 0.2) is 0 Å². The Labute approximate surface area is 74.3 Å². The molecule has 6 atom stereocenters. The Hall–Kier alpha value is 0.440. The molecule has 0 radical (unpaired) electrons. The number of aliphatic hydroxyl groups is 1. The van der Waals surface area contributed by atoms with Gasteiger partial charge in [-0.2, -0.15) is 0 Å². The molecular weight excluding hydrogens is 204 g/mol. The molecule has 0 aromatic carbocycles. The highest BCUT2D eigenvalue weighted by Crippen LogP contribution is 2.99. The molecule has 4 aliphatic carbocycles. The molecule has 0 amide bonds. The van der Waals surface area contributed by atoms with Crippen LogP contribution in [0.1, 0.15) is 12.8 Å². The van der Waals surface area contributed by atoms with Crippen molar-refractivity contribution in [1.29, 1.82) is 0 Å². The lowest BCUT2D eigenvalue weighted by molar-refractivity contribution is 0.163. The molecule has 0 heterocycles. The van der Waals surface area contributed by atoms with E-state index in [2.05, 4.69) is 15.9 Å². The number of hydrogen-bond donors (Lipinski definition) is 1. The van der Waals surface area contributed by atoms with Gasteiger partial charge in [-0.15, -0.1) is 0 Å². The Morgan fingerprint density at radius 3 is 2.82 bits per heavy atom. The number of aliphatic hydroxyl groups excluding tert-OH is 1. The summed E-state index contributed by atoms with van der Waals surface area (Å²) in [6.07, 6.45) is 2.88. The summed E-state index contributed by atoms with van der Waals surface area (Å²) in [5.74, 6) is 3.81. The summed E-state index contributed by atoms with van der Waals surface area (Å²) in [4.78, 5) is 0. The van der Waals surface area contributed by atoms with Crippen LogP contribution in [0, 0.1) is 29.1 Å². The second-order valence-electron chi connectivity index (χ2n) is 4.89. The molecule has 1 nitrogen and oxygen atoms in total. The van der Waals surface area contributed by atoms with Crippen LogP contribution in [-0.4, -0.2) is 16.0 Å². The Bertz CT molecular complexity index is 266. The van der Waals surface area contributed by atoms with Gasteiger partial charge in [0.25, 0.3) is 0 Å². The van der Waals surface area contributed by atoms with E-state index in [9.17, 15) is 5.11 Å². The van der Waals surface area contributed by atoms with Crippen LogP contribution in [0.2, 0.25) is 0 Å². The summed E-state index contributed by atoms with van der Waals surface area (Å²) in [5, 5.41) is 9.28. The van der Waals surface area contributed by atoms with Crippen molar-refractivity contribution in [2.75, 3.05) is 6.61 Å². The third-order valence-electron chi connectivity index (χ3n) is 4.89. The van der Waals surface area contributed by atoms with Crippen molar-refractivity contribution in [3.63, 3.8) is 0 Å². The van der Waals surface area contributed by atoms with Crippen LogP contribution in [0.4, 0.5) is 0 Å². The fourth-order valence-electron chi connectivity index (χ4n) is 4.20. The first-order chi connectivity index (χ1) is 5.27. The fourth-order valence-corrected chi connectivity index (χ4v) is 5.96. The van der Waals surface area contributed by atoms with Gasteiger partial charge in [-0.05, 0) is 36.5 Å². The third kappa shape index (κ3) is 0.345. The molecule has 2 heteroatoms. The van der Waals surface area contributed by atoms with Gasteiger partial charge in [0.05, 0.1) is 6.61 Å². The lowest BCUT2D eigenvalue weighted by Gasteiger charge is -2.24. The first-order valence-corrected chi connectivity index (χ1v) is 5.36. The summed E-state index contributed by atoms with van der Waals surface area (Å²) >= 11 is 3.83. The van der Waals surface area contributed by atoms with E-state index in [0.717, 1.165) is 23.7 Å². The zero-order chi connectivity index (χ0) is 7.43. The molecule has 0 aromatic rings. The minimum atomic E-state index is 0.394. The SMILES string of the molecule is OCC12C3CC4CC4C1C32Br. The van der Waals surface area contributed by atoms with Crippen molar-refractivity contribution in [2.24, 2.45) is 29.1 Å². The average Bonchev–Trinajstić information content (AvgIpc) is 2.85. The quantitative estimate of drug-likeness (QED) is 0.655. The first kappa shape index (κ1) is 5.98. The maximum absolute atomic E-state index is 9.28. The molecule has 4 rings (SSSR count). The molecule has 6 unspecified atom stereocenters. The van der Waals surface area contributed by atoms with Gasteiger partial charge in [0, 0.05) is 9.74 Å². The first-order valence-electron chi connectivity index (χ1n) is 4.56. The standard InChI is InChI=1S/C9H11BrO/c10-9-6-2-4-1-5(4)7(9)8(6,9)3-11/h4-7,11H,1-3H2. The molecule has 0 aliphatic heterocycles. The molecular formula is C9H11BrO. The number of halogens is 1. The maximum Gasteiger partial charge on any atom is 0.0507 e. The fraction of sp³-hybridized carbons (Fsp3) is 1.00. The molecule has 0 aromatic heterocycles. The lowest BCUT2D eigenvalue weighted by atomic mass is 9.83. The van der Waals surface area contributed by atoms with Crippen molar-refractivity contribution in [1.82, 2.24) is 0 Å². The second-order valence-corrected chi connectivity index (χ2v) is 6.20. The summed E-state index contributed by atoms with van der Waals surface area (Å²) in [7, 11) is 0. The molecule has 0 bridgehead atoms. The van der Waals surface area contributed by atoms with Crippen LogP contribution in [0.25, 0.3) is 0 Å². The van der Waals surface area contributed by atoms with Gasteiger partial charge in [0.1, 0.15) is 0 Å². The summed E-state index contributed by atoms with van der Waals surface area (Å²) in [6.45, 7) is 0.441. The van der Waals surface area contributed by atoms with Gasteiger partial charge in [-0.25, -0.2) is 0 Å². The highest BCUT2D eigenvalue weighted by atomic mass is 79.9. The van der Waals surface area contributed by atoms with Crippen LogP contribution >= 0.6 is 15.9 Å². The average molecular weight is 215 g/mol. The Morgan fingerprint density at radius 2 is 2.27 bits per heavy atom. The molecule has 0 spiro atoms. The van der Waals surface area contributed by atoms with Crippen LogP contribution in [0.5, 0.6) is 0 Å². The Balaban J connectivity index is 1.81.